The molecule has 1 fully saturated rings. The Bertz CT molecular complexity index is 1500. The van der Waals surface area contributed by atoms with E-state index in [1.807, 2.05) is 24.3 Å². The molecule has 0 saturated carbocycles. The second-order valence-corrected chi connectivity index (χ2v) is 13.5. The maximum Gasteiger partial charge on any atom is 0.161 e. The molecule has 3 heterocycles. The molecule has 1 N–H and O–H groups in total. The number of β-amino-alcohol motifs (C(OH)–C–C–N with tert-alkyl or cyclic N) is 1. The van der Waals surface area contributed by atoms with Gasteiger partial charge in [-0.15, -0.1) is 36.6 Å². The molecule has 8 nitrogen and oxygen atoms in total. The standard InChI is InChI=1S/C37H48N2O6S.2ClH/c1-41-34-18-25-11-14-38-13-10-24(16-32(38)30(25)20-36(34)43-3)17-33-31-21-37(44-4)35(42-2)19-26(31)12-15-39(33)22-27(40)23-45-28-6-8-29(46-5)9-7-28;;/h6-9,18-21,24,27,32-33,40H,10-17,22-23H2,1-5H3;2*1H. The van der Waals surface area contributed by atoms with Crippen molar-refractivity contribution in [2.45, 2.75) is 55.2 Å². The predicted molar refractivity (Wildman–Crippen MR) is 197 cm³/mol. The van der Waals surface area contributed by atoms with E-state index in [-0.39, 0.29) is 37.5 Å². The largest absolute Gasteiger partial charge is 0.493 e. The van der Waals surface area contributed by atoms with Gasteiger partial charge in [0, 0.05) is 36.6 Å². The molecule has 3 aliphatic heterocycles. The lowest BCUT2D eigenvalue weighted by atomic mass is 9.77. The van der Waals surface area contributed by atoms with Gasteiger partial charge in [0.2, 0.25) is 0 Å². The topological polar surface area (TPSA) is 72.9 Å². The number of aliphatic hydroxyl groups excluding tert-OH is 1. The van der Waals surface area contributed by atoms with Crippen molar-refractivity contribution < 1.29 is 28.8 Å². The van der Waals surface area contributed by atoms with Gasteiger partial charge >= 0.3 is 0 Å². The summed E-state index contributed by atoms with van der Waals surface area (Å²) in [4.78, 5) is 6.31. The van der Waals surface area contributed by atoms with E-state index in [0.717, 1.165) is 80.5 Å². The van der Waals surface area contributed by atoms with Gasteiger partial charge < -0.3 is 28.8 Å². The summed E-state index contributed by atoms with van der Waals surface area (Å²) in [6.07, 6.45) is 6.63. The average Bonchev–Trinajstić information content (AvgIpc) is 3.10. The average molecular weight is 722 g/mol. The Kier molecular flexibility index (Phi) is 13.9. The first-order valence-corrected chi connectivity index (χ1v) is 17.6. The molecule has 4 atom stereocenters. The van der Waals surface area contributed by atoms with Crippen LogP contribution >= 0.6 is 36.6 Å². The second-order valence-electron chi connectivity index (χ2n) is 12.6. The van der Waals surface area contributed by atoms with Crippen LogP contribution in [0.25, 0.3) is 0 Å². The lowest BCUT2D eigenvalue weighted by Crippen LogP contribution is -2.45. The monoisotopic (exact) mass is 720 g/mol. The number of halogens is 2. The highest BCUT2D eigenvalue weighted by Crippen LogP contribution is 2.47. The van der Waals surface area contributed by atoms with E-state index in [1.165, 1.54) is 27.1 Å². The summed E-state index contributed by atoms with van der Waals surface area (Å²) in [5.41, 5.74) is 5.32. The van der Waals surface area contributed by atoms with Crippen LogP contribution in [0, 0.1) is 5.92 Å². The van der Waals surface area contributed by atoms with Gasteiger partial charge in [0.05, 0.1) is 28.4 Å². The molecular formula is C37H50Cl2N2O6S. The van der Waals surface area contributed by atoms with Crippen molar-refractivity contribution in [1.82, 2.24) is 9.80 Å². The van der Waals surface area contributed by atoms with Gasteiger partial charge in [-0.2, -0.15) is 0 Å². The normalized spacial score (nSPS) is 20.9. The third-order valence-corrected chi connectivity index (χ3v) is 10.9. The number of benzene rings is 3. The SMILES string of the molecule is COc1cc2c(cc1OC)C1CC(CC3c4cc(OC)c(OC)cc4CCN3CC(O)COc3ccc(SC)cc3)CCN1CC2.Cl.Cl. The van der Waals surface area contributed by atoms with Gasteiger partial charge in [-0.3, -0.25) is 9.80 Å². The van der Waals surface area contributed by atoms with Gasteiger partial charge in [0.15, 0.2) is 23.0 Å². The zero-order valence-corrected chi connectivity index (χ0v) is 31.1. The van der Waals surface area contributed by atoms with Crippen molar-refractivity contribution in [3.8, 4) is 28.7 Å². The molecule has 1 saturated heterocycles. The quantitative estimate of drug-likeness (QED) is 0.199. The van der Waals surface area contributed by atoms with E-state index in [4.69, 9.17) is 23.7 Å². The maximum absolute atomic E-state index is 11.2. The summed E-state index contributed by atoms with van der Waals surface area (Å²) in [5.74, 6) is 4.43. The summed E-state index contributed by atoms with van der Waals surface area (Å²) in [6.45, 7) is 3.82. The van der Waals surface area contributed by atoms with Crippen molar-refractivity contribution in [3.63, 3.8) is 0 Å². The van der Waals surface area contributed by atoms with Crippen LogP contribution in [0.5, 0.6) is 28.7 Å². The third kappa shape index (κ3) is 8.25. The van der Waals surface area contributed by atoms with E-state index < -0.39 is 6.10 Å². The van der Waals surface area contributed by atoms with Crippen LogP contribution in [0.3, 0.4) is 0 Å². The van der Waals surface area contributed by atoms with Gasteiger partial charge in [-0.05, 0) is 122 Å². The summed E-state index contributed by atoms with van der Waals surface area (Å²) in [6, 6.07) is 17.3. The van der Waals surface area contributed by atoms with E-state index >= 15 is 0 Å². The number of rotatable bonds is 12. The summed E-state index contributed by atoms with van der Waals surface area (Å²) >= 11 is 1.70. The molecule has 3 aliphatic rings. The first kappa shape index (κ1) is 38.3. The Morgan fingerprint density at radius 1 is 0.792 bits per heavy atom. The van der Waals surface area contributed by atoms with Gasteiger partial charge in [0.25, 0.3) is 0 Å². The molecule has 0 amide bonds. The first-order valence-electron chi connectivity index (χ1n) is 16.4. The Balaban J connectivity index is 0.00000260. The number of aliphatic hydroxyl groups is 1. The maximum atomic E-state index is 11.2. The molecular weight excluding hydrogens is 671 g/mol. The van der Waals surface area contributed by atoms with Crippen LogP contribution < -0.4 is 23.7 Å². The van der Waals surface area contributed by atoms with Crippen molar-refractivity contribution >= 4 is 36.6 Å². The van der Waals surface area contributed by atoms with Crippen LogP contribution in [0.1, 0.15) is 53.6 Å². The second kappa shape index (κ2) is 17.4. The Morgan fingerprint density at radius 2 is 1.38 bits per heavy atom. The van der Waals surface area contributed by atoms with Crippen LogP contribution in [0.15, 0.2) is 53.4 Å². The van der Waals surface area contributed by atoms with Gasteiger partial charge in [-0.1, -0.05) is 0 Å². The summed E-state index contributed by atoms with van der Waals surface area (Å²) < 4.78 is 28.8. The van der Waals surface area contributed by atoms with E-state index in [0.29, 0.717) is 18.5 Å². The first-order chi connectivity index (χ1) is 22.4. The fraction of sp³-hybridized carbons (Fsp3) is 0.514. The third-order valence-electron chi connectivity index (χ3n) is 10.1. The number of thioether (sulfide) groups is 1. The minimum atomic E-state index is -0.612. The number of hydrogen-bond acceptors (Lipinski definition) is 9. The van der Waals surface area contributed by atoms with E-state index in [1.54, 1.807) is 40.2 Å². The molecule has 0 spiro atoms. The molecule has 264 valence electrons. The molecule has 3 aromatic rings. The minimum absolute atomic E-state index is 0. The summed E-state index contributed by atoms with van der Waals surface area (Å²) in [7, 11) is 6.82. The molecule has 0 aromatic heterocycles. The zero-order chi connectivity index (χ0) is 32.2. The Hall–Kier alpha value is -2.53. The molecule has 0 aliphatic carbocycles. The van der Waals surface area contributed by atoms with E-state index in [9.17, 15) is 5.11 Å². The van der Waals surface area contributed by atoms with Crippen molar-refractivity contribution in [1.29, 1.82) is 0 Å². The molecule has 4 unspecified atom stereocenters. The van der Waals surface area contributed by atoms with Crippen LogP contribution in [-0.2, 0) is 12.8 Å². The fourth-order valence-corrected chi connectivity index (χ4v) is 8.11. The molecule has 0 radical (unpaired) electrons. The highest BCUT2D eigenvalue weighted by molar-refractivity contribution is 7.98. The number of piperidine rings is 1. The van der Waals surface area contributed by atoms with Gasteiger partial charge in [-0.25, -0.2) is 0 Å². The summed E-state index contributed by atoms with van der Waals surface area (Å²) in [5, 5.41) is 11.2. The van der Waals surface area contributed by atoms with Crippen LogP contribution in [0.4, 0.5) is 0 Å². The smallest absolute Gasteiger partial charge is 0.161 e. The number of nitrogens with zero attached hydrogens (tertiary/aromatic N) is 2. The molecule has 11 heteroatoms. The van der Waals surface area contributed by atoms with Crippen molar-refractivity contribution in [3.05, 3.63) is 70.8 Å². The zero-order valence-electron chi connectivity index (χ0n) is 28.6. The Morgan fingerprint density at radius 3 is 2.00 bits per heavy atom. The highest BCUT2D eigenvalue weighted by Gasteiger charge is 2.38. The van der Waals surface area contributed by atoms with Crippen LogP contribution in [-0.4, -0.2) is 88.5 Å². The fourth-order valence-electron chi connectivity index (χ4n) is 7.70. The molecule has 48 heavy (non-hydrogen) atoms. The lowest BCUT2D eigenvalue weighted by Gasteiger charge is -2.46. The minimum Gasteiger partial charge on any atom is -0.493 e. The molecule has 3 aromatic carbocycles. The lowest BCUT2D eigenvalue weighted by molar-refractivity contribution is 0.0331. The Labute approximate surface area is 302 Å². The van der Waals surface area contributed by atoms with Crippen molar-refractivity contribution in [2.75, 3.05) is 67.5 Å². The van der Waals surface area contributed by atoms with Crippen LogP contribution in [0.2, 0.25) is 0 Å². The number of ether oxygens (including phenoxy) is 5. The number of methoxy groups -OCH3 is 4. The predicted octanol–water partition coefficient (Wildman–Crippen LogP) is 7.03. The molecule has 6 rings (SSSR count). The van der Waals surface area contributed by atoms with Gasteiger partial charge in [0.1, 0.15) is 18.5 Å². The van der Waals surface area contributed by atoms with Crippen molar-refractivity contribution in [2.24, 2.45) is 5.92 Å². The number of hydrogen-bond donors (Lipinski definition) is 1. The highest BCUT2D eigenvalue weighted by atomic mass is 35.5. The van der Waals surface area contributed by atoms with E-state index in [2.05, 4.69) is 40.3 Å². The molecule has 0 bridgehead atoms. The number of fused-ring (bicyclic) bond motifs is 4.